The molecule has 0 bridgehead atoms. The number of likely N-dealkylation sites (tertiary alicyclic amines) is 1. The SMILES string of the molecule is CC(C)CN1CCC[C@@H]1Cc1ccccc1. The van der Waals surface area contributed by atoms with Crippen molar-refractivity contribution in [2.45, 2.75) is 39.2 Å². The first-order valence-corrected chi connectivity index (χ1v) is 6.53. The lowest BCUT2D eigenvalue weighted by molar-refractivity contribution is 0.225. The molecule has 1 nitrogen and oxygen atoms in total. The summed E-state index contributed by atoms with van der Waals surface area (Å²) >= 11 is 0. The minimum absolute atomic E-state index is 0.782. The second-order valence-electron chi connectivity index (χ2n) is 5.37. The highest BCUT2D eigenvalue weighted by atomic mass is 15.2. The summed E-state index contributed by atoms with van der Waals surface area (Å²) < 4.78 is 0. The number of rotatable bonds is 4. The summed E-state index contributed by atoms with van der Waals surface area (Å²) in [5.74, 6) is 0.788. The minimum Gasteiger partial charge on any atom is -0.300 e. The lowest BCUT2D eigenvalue weighted by atomic mass is 10.0. The van der Waals surface area contributed by atoms with Gasteiger partial charge in [0.15, 0.2) is 0 Å². The molecule has 0 aliphatic carbocycles. The zero-order chi connectivity index (χ0) is 11.4. The Labute approximate surface area is 99.5 Å². The molecule has 1 heterocycles. The van der Waals surface area contributed by atoms with E-state index in [9.17, 15) is 0 Å². The molecular formula is C15H23N. The molecule has 1 fully saturated rings. The first-order valence-electron chi connectivity index (χ1n) is 6.53. The zero-order valence-electron chi connectivity index (χ0n) is 10.5. The van der Waals surface area contributed by atoms with Crippen LogP contribution in [0.2, 0.25) is 0 Å². The Kier molecular flexibility index (Phi) is 4.00. The standard InChI is InChI=1S/C15H23N/c1-13(2)12-16-10-6-9-15(16)11-14-7-4-3-5-8-14/h3-5,7-8,13,15H,6,9-12H2,1-2H3/t15-/m1/s1. The van der Waals surface area contributed by atoms with Gasteiger partial charge in [-0.1, -0.05) is 44.2 Å². The van der Waals surface area contributed by atoms with Crippen LogP contribution in [0.4, 0.5) is 0 Å². The van der Waals surface area contributed by atoms with E-state index in [2.05, 4.69) is 49.1 Å². The Morgan fingerprint density at radius 3 is 2.69 bits per heavy atom. The molecule has 1 aromatic rings. The van der Waals surface area contributed by atoms with Crippen molar-refractivity contribution >= 4 is 0 Å². The first-order chi connectivity index (χ1) is 7.75. The van der Waals surface area contributed by atoms with Crippen molar-refractivity contribution in [2.75, 3.05) is 13.1 Å². The third-order valence-electron chi connectivity index (χ3n) is 3.41. The highest BCUT2D eigenvalue weighted by molar-refractivity contribution is 5.16. The lowest BCUT2D eigenvalue weighted by Gasteiger charge is -2.26. The molecule has 1 aliphatic rings. The molecule has 0 unspecified atom stereocenters. The summed E-state index contributed by atoms with van der Waals surface area (Å²) in [6.07, 6.45) is 3.99. The van der Waals surface area contributed by atoms with E-state index in [1.54, 1.807) is 0 Å². The fourth-order valence-corrected chi connectivity index (χ4v) is 2.72. The summed E-state index contributed by atoms with van der Waals surface area (Å²) in [5, 5.41) is 0. The van der Waals surface area contributed by atoms with Gasteiger partial charge in [0.1, 0.15) is 0 Å². The Balaban J connectivity index is 1.93. The van der Waals surface area contributed by atoms with E-state index in [1.807, 2.05) is 0 Å². The highest BCUT2D eigenvalue weighted by Gasteiger charge is 2.24. The van der Waals surface area contributed by atoms with Crippen LogP contribution in [-0.2, 0) is 6.42 Å². The molecule has 0 saturated carbocycles. The molecule has 0 amide bonds. The Bertz CT molecular complexity index is 304. The zero-order valence-corrected chi connectivity index (χ0v) is 10.5. The predicted octanol–water partition coefficient (Wildman–Crippen LogP) is 3.35. The van der Waals surface area contributed by atoms with E-state index >= 15 is 0 Å². The molecule has 0 spiro atoms. The molecule has 1 heteroatoms. The summed E-state index contributed by atoms with van der Waals surface area (Å²) in [4.78, 5) is 2.68. The van der Waals surface area contributed by atoms with Crippen LogP contribution >= 0.6 is 0 Å². The van der Waals surface area contributed by atoms with Crippen molar-refractivity contribution in [3.63, 3.8) is 0 Å². The van der Waals surface area contributed by atoms with Crippen LogP contribution in [0.5, 0.6) is 0 Å². The third kappa shape index (κ3) is 3.08. The number of hydrogen-bond acceptors (Lipinski definition) is 1. The van der Waals surface area contributed by atoms with Gasteiger partial charge in [0.2, 0.25) is 0 Å². The maximum absolute atomic E-state index is 2.68. The molecule has 1 saturated heterocycles. The molecule has 16 heavy (non-hydrogen) atoms. The summed E-state index contributed by atoms with van der Waals surface area (Å²) in [5.41, 5.74) is 1.49. The number of benzene rings is 1. The van der Waals surface area contributed by atoms with E-state index in [4.69, 9.17) is 0 Å². The summed E-state index contributed by atoms with van der Waals surface area (Å²) in [6, 6.07) is 11.7. The Hall–Kier alpha value is -0.820. The van der Waals surface area contributed by atoms with E-state index in [1.165, 1.54) is 37.9 Å². The second-order valence-corrected chi connectivity index (χ2v) is 5.37. The van der Waals surface area contributed by atoms with E-state index in [0.29, 0.717) is 0 Å². The molecule has 0 aromatic heterocycles. The quantitative estimate of drug-likeness (QED) is 0.747. The Morgan fingerprint density at radius 1 is 1.25 bits per heavy atom. The van der Waals surface area contributed by atoms with Gasteiger partial charge in [-0.15, -0.1) is 0 Å². The first kappa shape index (κ1) is 11.7. The van der Waals surface area contributed by atoms with Crippen LogP contribution in [0, 0.1) is 5.92 Å². The third-order valence-corrected chi connectivity index (χ3v) is 3.41. The maximum atomic E-state index is 2.68. The van der Waals surface area contributed by atoms with Crippen LogP contribution in [0.25, 0.3) is 0 Å². The molecule has 1 aliphatic heterocycles. The van der Waals surface area contributed by atoms with Gasteiger partial charge in [0.05, 0.1) is 0 Å². The fourth-order valence-electron chi connectivity index (χ4n) is 2.72. The minimum atomic E-state index is 0.782. The Morgan fingerprint density at radius 2 is 2.00 bits per heavy atom. The molecule has 2 rings (SSSR count). The van der Waals surface area contributed by atoms with Crippen LogP contribution < -0.4 is 0 Å². The highest BCUT2D eigenvalue weighted by Crippen LogP contribution is 2.22. The summed E-state index contributed by atoms with van der Waals surface area (Å²) in [6.45, 7) is 7.20. The van der Waals surface area contributed by atoms with Crippen molar-refractivity contribution in [3.8, 4) is 0 Å². The van der Waals surface area contributed by atoms with Crippen LogP contribution in [-0.4, -0.2) is 24.0 Å². The molecular weight excluding hydrogens is 194 g/mol. The van der Waals surface area contributed by atoms with Crippen molar-refractivity contribution < 1.29 is 0 Å². The fraction of sp³-hybridized carbons (Fsp3) is 0.600. The summed E-state index contributed by atoms with van der Waals surface area (Å²) in [7, 11) is 0. The smallest absolute Gasteiger partial charge is 0.0136 e. The van der Waals surface area contributed by atoms with Gasteiger partial charge in [-0.2, -0.15) is 0 Å². The van der Waals surface area contributed by atoms with Crippen molar-refractivity contribution in [1.29, 1.82) is 0 Å². The van der Waals surface area contributed by atoms with E-state index in [-0.39, 0.29) is 0 Å². The van der Waals surface area contributed by atoms with Crippen LogP contribution in [0.15, 0.2) is 30.3 Å². The van der Waals surface area contributed by atoms with Gasteiger partial charge in [-0.25, -0.2) is 0 Å². The molecule has 0 N–H and O–H groups in total. The second kappa shape index (κ2) is 5.49. The van der Waals surface area contributed by atoms with Gasteiger partial charge in [0, 0.05) is 12.6 Å². The van der Waals surface area contributed by atoms with E-state index < -0.39 is 0 Å². The number of nitrogens with zero attached hydrogens (tertiary/aromatic N) is 1. The topological polar surface area (TPSA) is 3.24 Å². The van der Waals surface area contributed by atoms with Crippen LogP contribution in [0.1, 0.15) is 32.3 Å². The van der Waals surface area contributed by atoms with Crippen molar-refractivity contribution in [2.24, 2.45) is 5.92 Å². The normalized spacial score (nSPS) is 21.8. The lowest BCUT2D eigenvalue weighted by Crippen LogP contribution is -2.34. The van der Waals surface area contributed by atoms with Crippen LogP contribution in [0.3, 0.4) is 0 Å². The largest absolute Gasteiger partial charge is 0.300 e. The van der Waals surface area contributed by atoms with E-state index in [0.717, 1.165) is 12.0 Å². The van der Waals surface area contributed by atoms with Crippen molar-refractivity contribution in [1.82, 2.24) is 4.90 Å². The predicted molar refractivity (Wildman–Crippen MR) is 69.6 cm³/mol. The van der Waals surface area contributed by atoms with Gasteiger partial charge >= 0.3 is 0 Å². The molecule has 1 atom stereocenters. The van der Waals surface area contributed by atoms with Gasteiger partial charge in [0.25, 0.3) is 0 Å². The van der Waals surface area contributed by atoms with Gasteiger partial charge < -0.3 is 0 Å². The van der Waals surface area contributed by atoms with Gasteiger partial charge in [-0.05, 0) is 37.3 Å². The van der Waals surface area contributed by atoms with Crippen molar-refractivity contribution in [3.05, 3.63) is 35.9 Å². The molecule has 0 radical (unpaired) electrons. The average molecular weight is 217 g/mol. The molecule has 88 valence electrons. The number of hydrogen-bond donors (Lipinski definition) is 0. The maximum Gasteiger partial charge on any atom is 0.0136 e. The molecule has 1 aromatic carbocycles. The average Bonchev–Trinajstić information content (AvgIpc) is 2.66. The monoisotopic (exact) mass is 217 g/mol. The van der Waals surface area contributed by atoms with Gasteiger partial charge in [-0.3, -0.25) is 4.90 Å².